The molecule has 0 aromatic carbocycles. The Kier molecular flexibility index (Phi) is 4.42. The third-order valence-electron chi connectivity index (χ3n) is 3.34. The first-order chi connectivity index (χ1) is 7.77. The Morgan fingerprint density at radius 3 is 2.53 bits per heavy atom. The van der Waals surface area contributed by atoms with Gasteiger partial charge < -0.3 is 15.4 Å². The van der Waals surface area contributed by atoms with E-state index >= 15 is 0 Å². The lowest BCUT2D eigenvalue weighted by atomic mass is 10.1. The highest BCUT2D eigenvalue weighted by atomic mass is 16.6. The smallest absolute Gasteiger partial charge is 0.407 e. The van der Waals surface area contributed by atoms with Gasteiger partial charge in [0.25, 0.3) is 0 Å². The predicted molar refractivity (Wildman–Crippen MR) is 69.0 cm³/mol. The van der Waals surface area contributed by atoms with Crippen LogP contribution in [0.4, 0.5) is 4.79 Å². The first-order valence-corrected chi connectivity index (χ1v) is 6.47. The first-order valence-electron chi connectivity index (χ1n) is 6.47. The Hall–Kier alpha value is -0.770. The van der Waals surface area contributed by atoms with E-state index < -0.39 is 5.60 Å². The summed E-state index contributed by atoms with van der Waals surface area (Å²) in [5, 5.41) is 6.19. The zero-order valence-corrected chi connectivity index (χ0v) is 11.7. The maximum Gasteiger partial charge on any atom is 0.407 e. The minimum absolute atomic E-state index is 0.339. The van der Waals surface area contributed by atoms with Crippen LogP contribution in [-0.2, 0) is 4.74 Å². The fourth-order valence-electron chi connectivity index (χ4n) is 1.84. The molecule has 4 nitrogen and oxygen atoms in total. The van der Waals surface area contributed by atoms with Gasteiger partial charge in [-0.05, 0) is 39.0 Å². The molecule has 0 aromatic heterocycles. The second-order valence-corrected chi connectivity index (χ2v) is 6.15. The fraction of sp³-hybridized carbons (Fsp3) is 0.923. The molecule has 4 heteroatoms. The summed E-state index contributed by atoms with van der Waals surface area (Å²) in [6.45, 7) is 11.5. The Bertz CT molecular complexity index is 273. The molecular formula is C13H26N2O2. The molecule has 1 amide bonds. The summed E-state index contributed by atoms with van der Waals surface area (Å²) in [6.07, 6.45) is 2.12. The van der Waals surface area contributed by atoms with Gasteiger partial charge in [-0.25, -0.2) is 4.79 Å². The lowest BCUT2D eigenvalue weighted by Gasteiger charge is -2.19. The van der Waals surface area contributed by atoms with Gasteiger partial charge in [0.2, 0.25) is 0 Å². The molecule has 0 aliphatic heterocycles. The number of alkyl carbamates (subject to hydrolysis) is 1. The third kappa shape index (κ3) is 4.94. The number of carbonyl (C=O) groups excluding carboxylic acids is 1. The summed E-state index contributed by atoms with van der Waals surface area (Å²) in [5.74, 6) is 0. The van der Waals surface area contributed by atoms with Crippen LogP contribution in [-0.4, -0.2) is 30.8 Å². The van der Waals surface area contributed by atoms with Crippen LogP contribution in [0.15, 0.2) is 0 Å². The fourth-order valence-corrected chi connectivity index (χ4v) is 1.84. The van der Waals surface area contributed by atoms with Gasteiger partial charge in [-0.1, -0.05) is 13.8 Å². The minimum atomic E-state index is -0.422. The number of carbonyl (C=O) groups is 1. The van der Waals surface area contributed by atoms with Crippen molar-refractivity contribution in [1.82, 2.24) is 10.6 Å². The molecule has 1 fully saturated rings. The number of hydrogen-bond donors (Lipinski definition) is 2. The molecule has 0 spiro atoms. The largest absolute Gasteiger partial charge is 0.444 e. The topological polar surface area (TPSA) is 50.4 Å². The van der Waals surface area contributed by atoms with Gasteiger partial charge in [-0.15, -0.1) is 0 Å². The predicted octanol–water partition coefficient (Wildman–Crippen LogP) is 2.29. The standard InChI is InChI=1S/C13H26N2O2/c1-6-13(5)9-10(13)14-7-8-15-11(16)17-12(2,3)4/h10,14H,6-9H2,1-5H3,(H,15,16). The van der Waals surface area contributed by atoms with Crippen molar-refractivity contribution in [2.75, 3.05) is 13.1 Å². The SMILES string of the molecule is CCC1(C)CC1NCCNC(=O)OC(C)(C)C. The summed E-state index contributed by atoms with van der Waals surface area (Å²) in [6, 6.07) is 0.618. The number of hydrogen-bond acceptors (Lipinski definition) is 3. The van der Waals surface area contributed by atoms with E-state index in [0.717, 1.165) is 6.54 Å². The lowest BCUT2D eigenvalue weighted by molar-refractivity contribution is 0.0528. The number of nitrogens with one attached hydrogen (secondary N) is 2. The van der Waals surface area contributed by atoms with E-state index in [1.807, 2.05) is 20.8 Å². The van der Waals surface area contributed by atoms with E-state index in [1.165, 1.54) is 12.8 Å². The van der Waals surface area contributed by atoms with Crippen LogP contribution in [0.3, 0.4) is 0 Å². The number of amides is 1. The minimum Gasteiger partial charge on any atom is -0.444 e. The van der Waals surface area contributed by atoms with Crippen LogP contribution in [0.5, 0.6) is 0 Å². The van der Waals surface area contributed by atoms with Gasteiger partial charge in [0.05, 0.1) is 0 Å². The van der Waals surface area contributed by atoms with Crippen LogP contribution in [0.2, 0.25) is 0 Å². The molecule has 1 aliphatic rings. The molecule has 100 valence electrons. The van der Waals surface area contributed by atoms with Gasteiger partial charge in [0, 0.05) is 19.1 Å². The molecule has 0 radical (unpaired) electrons. The van der Waals surface area contributed by atoms with Crippen molar-refractivity contribution in [3.05, 3.63) is 0 Å². The van der Waals surface area contributed by atoms with E-state index in [0.29, 0.717) is 18.0 Å². The molecule has 2 atom stereocenters. The van der Waals surface area contributed by atoms with Crippen LogP contribution >= 0.6 is 0 Å². The summed E-state index contributed by atoms with van der Waals surface area (Å²) in [7, 11) is 0. The highest BCUT2D eigenvalue weighted by molar-refractivity contribution is 5.67. The zero-order chi connectivity index (χ0) is 13.1. The molecule has 2 unspecified atom stereocenters. The van der Waals surface area contributed by atoms with Crippen molar-refractivity contribution < 1.29 is 9.53 Å². The van der Waals surface area contributed by atoms with Crippen molar-refractivity contribution in [3.63, 3.8) is 0 Å². The van der Waals surface area contributed by atoms with Gasteiger partial charge >= 0.3 is 6.09 Å². The third-order valence-corrected chi connectivity index (χ3v) is 3.34. The highest BCUT2D eigenvalue weighted by Crippen LogP contribution is 2.47. The van der Waals surface area contributed by atoms with Crippen molar-refractivity contribution in [2.24, 2.45) is 5.41 Å². The zero-order valence-electron chi connectivity index (χ0n) is 11.7. The van der Waals surface area contributed by atoms with Gasteiger partial charge in [0.15, 0.2) is 0 Å². The maximum atomic E-state index is 11.3. The van der Waals surface area contributed by atoms with Crippen LogP contribution in [0.25, 0.3) is 0 Å². The molecule has 2 N–H and O–H groups in total. The van der Waals surface area contributed by atoms with Crippen molar-refractivity contribution in [1.29, 1.82) is 0 Å². The van der Waals surface area contributed by atoms with Crippen molar-refractivity contribution >= 4 is 6.09 Å². The second kappa shape index (κ2) is 5.25. The summed E-state index contributed by atoms with van der Waals surface area (Å²) >= 11 is 0. The second-order valence-electron chi connectivity index (χ2n) is 6.15. The summed E-state index contributed by atoms with van der Waals surface area (Å²) in [4.78, 5) is 11.3. The van der Waals surface area contributed by atoms with Crippen LogP contribution < -0.4 is 10.6 Å². The normalized spacial score (nSPS) is 27.7. The van der Waals surface area contributed by atoms with Gasteiger partial charge in [0.1, 0.15) is 5.60 Å². The van der Waals surface area contributed by atoms with Gasteiger partial charge in [-0.3, -0.25) is 0 Å². The van der Waals surface area contributed by atoms with E-state index in [4.69, 9.17) is 4.74 Å². The molecular weight excluding hydrogens is 216 g/mol. The quantitative estimate of drug-likeness (QED) is 0.727. The van der Waals surface area contributed by atoms with E-state index in [2.05, 4.69) is 24.5 Å². The Morgan fingerprint density at radius 1 is 1.41 bits per heavy atom. The van der Waals surface area contributed by atoms with Gasteiger partial charge in [-0.2, -0.15) is 0 Å². The van der Waals surface area contributed by atoms with Crippen LogP contribution in [0.1, 0.15) is 47.5 Å². The lowest BCUT2D eigenvalue weighted by Crippen LogP contribution is -2.37. The van der Waals surface area contributed by atoms with Crippen LogP contribution in [0, 0.1) is 5.41 Å². The molecule has 0 saturated heterocycles. The van der Waals surface area contributed by atoms with Crippen molar-refractivity contribution in [2.45, 2.75) is 59.1 Å². The number of ether oxygens (including phenoxy) is 1. The maximum absolute atomic E-state index is 11.3. The van der Waals surface area contributed by atoms with E-state index in [-0.39, 0.29) is 6.09 Å². The molecule has 1 rings (SSSR count). The van der Waals surface area contributed by atoms with E-state index in [1.54, 1.807) is 0 Å². The molecule has 0 aromatic rings. The Balaban J connectivity index is 2.04. The van der Waals surface area contributed by atoms with Crippen molar-refractivity contribution in [3.8, 4) is 0 Å². The Morgan fingerprint density at radius 2 is 2.06 bits per heavy atom. The number of rotatable bonds is 5. The molecule has 17 heavy (non-hydrogen) atoms. The average molecular weight is 242 g/mol. The molecule has 1 aliphatic carbocycles. The molecule has 0 heterocycles. The summed E-state index contributed by atoms with van der Waals surface area (Å²) in [5.41, 5.74) is 0.0563. The average Bonchev–Trinajstić information content (AvgIpc) is 2.83. The molecule has 0 bridgehead atoms. The first kappa shape index (κ1) is 14.3. The summed E-state index contributed by atoms with van der Waals surface area (Å²) < 4.78 is 5.14. The highest BCUT2D eigenvalue weighted by Gasteiger charge is 2.47. The van der Waals surface area contributed by atoms with E-state index in [9.17, 15) is 4.79 Å². The monoisotopic (exact) mass is 242 g/mol. The molecule has 1 saturated carbocycles. The Labute approximate surface area is 104 Å².